The fourth-order valence-corrected chi connectivity index (χ4v) is 1.91. The molecule has 2 N–H and O–H groups in total. The zero-order valence-electron chi connectivity index (χ0n) is 12.5. The van der Waals surface area contributed by atoms with Crippen molar-refractivity contribution in [3.05, 3.63) is 35.9 Å². The lowest BCUT2D eigenvalue weighted by atomic mass is 9.84. The standard InChI is InChI=1S/C16H28N2/c1-13(2)17-11-14(3)18-12-16(4,5)15-9-7-6-8-10-15/h6-10,13-14,17-18H,11-12H2,1-5H3. The highest BCUT2D eigenvalue weighted by Gasteiger charge is 2.20. The lowest BCUT2D eigenvalue weighted by Crippen LogP contribution is -2.43. The van der Waals surface area contributed by atoms with Gasteiger partial charge in [-0.3, -0.25) is 0 Å². The van der Waals surface area contributed by atoms with Gasteiger partial charge in [0.15, 0.2) is 0 Å². The maximum absolute atomic E-state index is 3.61. The quantitative estimate of drug-likeness (QED) is 0.775. The molecule has 0 radical (unpaired) electrons. The number of nitrogens with one attached hydrogen (secondary N) is 2. The van der Waals surface area contributed by atoms with Crippen molar-refractivity contribution < 1.29 is 0 Å². The van der Waals surface area contributed by atoms with Gasteiger partial charge in [0, 0.05) is 30.6 Å². The second-order valence-corrected chi connectivity index (χ2v) is 6.09. The van der Waals surface area contributed by atoms with Crippen molar-refractivity contribution in [3.8, 4) is 0 Å². The van der Waals surface area contributed by atoms with Gasteiger partial charge < -0.3 is 10.6 Å². The van der Waals surface area contributed by atoms with Gasteiger partial charge in [-0.25, -0.2) is 0 Å². The van der Waals surface area contributed by atoms with Crippen LogP contribution in [0.5, 0.6) is 0 Å². The van der Waals surface area contributed by atoms with Gasteiger partial charge >= 0.3 is 0 Å². The summed E-state index contributed by atoms with van der Waals surface area (Å²) in [4.78, 5) is 0. The van der Waals surface area contributed by atoms with Crippen LogP contribution in [0.25, 0.3) is 0 Å². The summed E-state index contributed by atoms with van der Waals surface area (Å²) in [6, 6.07) is 11.8. The van der Waals surface area contributed by atoms with Gasteiger partial charge in [0.1, 0.15) is 0 Å². The fraction of sp³-hybridized carbons (Fsp3) is 0.625. The van der Waals surface area contributed by atoms with E-state index >= 15 is 0 Å². The van der Waals surface area contributed by atoms with Gasteiger partial charge in [-0.2, -0.15) is 0 Å². The van der Waals surface area contributed by atoms with Crippen LogP contribution in [-0.2, 0) is 5.41 Å². The summed E-state index contributed by atoms with van der Waals surface area (Å²) >= 11 is 0. The Hall–Kier alpha value is -0.860. The molecule has 0 fully saturated rings. The Morgan fingerprint density at radius 3 is 2.17 bits per heavy atom. The van der Waals surface area contributed by atoms with Crippen LogP contribution in [0.4, 0.5) is 0 Å². The van der Waals surface area contributed by atoms with Crippen molar-refractivity contribution in [2.45, 2.75) is 52.1 Å². The molecule has 0 amide bonds. The van der Waals surface area contributed by atoms with Gasteiger partial charge in [0.05, 0.1) is 0 Å². The minimum atomic E-state index is 0.174. The van der Waals surface area contributed by atoms with Crippen LogP contribution in [-0.4, -0.2) is 25.2 Å². The molecule has 1 aromatic carbocycles. The molecule has 102 valence electrons. The van der Waals surface area contributed by atoms with E-state index in [9.17, 15) is 0 Å². The number of hydrogen-bond acceptors (Lipinski definition) is 2. The minimum absolute atomic E-state index is 0.174. The van der Waals surface area contributed by atoms with E-state index in [1.54, 1.807) is 0 Å². The molecule has 0 saturated carbocycles. The van der Waals surface area contributed by atoms with Crippen molar-refractivity contribution >= 4 is 0 Å². The van der Waals surface area contributed by atoms with Crippen molar-refractivity contribution in [2.75, 3.05) is 13.1 Å². The van der Waals surface area contributed by atoms with Crippen LogP contribution < -0.4 is 10.6 Å². The van der Waals surface area contributed by atoms with E-state index in [1.165, 1.54) is 5.56 Å². The van der Waals surface area contributed by atoms with E-state index in [0.717, 1.165) is 13.1 Å². The summed E-state index contributed by atoms with van der Waals surface area (Å²) < 4.78 is 0. The molecule has 2 nitrogen and oxygen atoms in total. The normalized spacial score (nSPS) is 13.9. The first-order valence-electron chi connectivity index (χ1n) is 6.94. The fourth-order valence-electron chi connectivity index (χ4n) is 1.91. The van der Waals surface area contributed by atoms with E-state index in [2.05, 4.69) is 75.6 Å². The molecule has 0 aliphatic carbocycles. The zero-order valence-corrected chi connectivity index (χ0v) is 12.5. The first kappa shape index (κ1) is 15.2. The summed E-state index contributed by atoms with van der Waals surface area (Å²) in [7, 11) is 0. The minimum Gasteiger partial charge on any atom is -0.313 e. The third-order valence-corrected chi connectivity index (χ3v) is 3.28. The predicted molar refractivity (Wildman–Crippen MR) is 80.1 cm³/mol. The molecule has 0 bridgehead atoms. The van der Waals surface area contributed by atoms with Crippen LogP contribution in [0.15, 0.2) is 30.3 Å². The lowest BCUT2D eigenvalue weighted by Gasteiger charge is -2.28. The molecule has 0 aromatic heterocycles. The molecule has 0 aliphatic heterocycles. The molecule has 1 atom stereocenters. The van der Waals surface area contributed by atoms with Crippen molar-refractivity contribution in [2.24, 2.45) is 0 Å². The Bertz CT molecular complexity index is 330. The highest BCUT2D eigenvalue weighted by Crippen LogP contribution is 2.21. The van der Waals surface area contributed by atoms with Crippen LogP contribution in [0, 0.1) is 0 Å². The van der Waals surface area contributed by atoms with Crippen LogP contribution in [0.3, 0.4) is 0 Å². The van der Waals surface area contributed by atoms with E-state index in [4.69, 9.17) is 0 Å². The summed E-state index contributed by atoms with van der Waals surface area (Å²) in [6.45, 7) is 13.2. The predicted octanol–water partition coefficient (Wildman–Crippen LogP) is 2.94. The molecule has 0 aliphatic rings. The van der Waals surface area contributed by atoms with Crippen LogP contribution >= 0.6 is 0 Å². The van der Waals surface area contributed by atoms with Crippen molar-refractivity contribution in [1.82, 2.24) is 10.6 Å². The largest absolute Gasteiger partial charge is 0.313 e. The molecule has 18 heavy (non-hydrogen) atoms. The molecule has 2 heteroatoms. The highest BCUT2D eigenvalue weighted by molar-refractivity contribution is 5.23. The molecule has 1 unspecified atom stereocenters. The Morgan fingerprint density at radius 1 is 1.00 bits per heavy atom. The van der Waals surface area contributed by atoms with E-state index in [-0.39, 0.29) is 5.41 Å². The average molecular weight is 248 g/mol. The molecule has 0 heterocycles. The summed E-state index contributed by atoms with van der Waals surface area (Å²) in [5, 5.41) is 7.07. The van der Waals surface area contributed by atoms with E-state index < -0.39 is 0 Å². The molecule has 1 aromatic rings. The van der Waals surface area contributed by atoms with Crippen molar-refractivity contribution in [1.29, 1.82) is 0 Å². The summed E-state index contributed by atoms with van der Waals surface area (Å²) in [5.74, 6) is 0. The molecule has 0 saturated heterocycles. The van der Waals surface area contributed by atoms with Gasteiger partial charge in [-0.1, -0.05) is 58.0 Å². The van der Waals surface area contributed by atoms with Crippen molar-refractivity contribution in [3.63, 3.8) is 0 Å². The smallest absolute Gasteiger partial charge is 0.0164 e. The monoisotopic (exact) mass is 248 g/mol. The Labute approximate surface area is 112 Å². The van der Waals surface area contributed by atoms with Gasteiger partial charge in [-0.15, -0.1) is 0 Å². The molecular formula is C16H28N2. The Kier molecular flexibility index (Phi) is 5.83. The average Bonchev–Trinajstić information content (AvgIpc) is 2.35. The van der Waals surface area contributed by atoms with E-state index in [0.29, 0.717) is 12.1 Å². The van der Waals surface area contributed by atoms with Crippen LogP contribution in [0.2, 0.25) is 0 Å². The Morgan fingerprint density at radius 2 is 1.61 bits per heavy atom. The maximum atomic E-state index is 3.61. The SMILES string of the molecule is CC(C)NCC(C)NCC(C)(C)c1ccccc1. The lowest BCUT2D eigenvalue weighted by molar-refractivity contribution is 0.408. The van der Waals surface area contributed by atoms with Gasteiger partial charge in [0.2, 0.25) is 0 Å². The second kappa shape index (κ2) is 6.91. The maximum Gasteiger partial charge on any atom is 0.0164 e. The van der Waals surface area contributed by atoms with E-state index in [1.807, 2.05) is 0 Å². The van der Waals surface area contributed by atoms with Gasteiger partial charge in [0.25, 0.3) is 0 Å². The number of benzene rings is 1. The topological polar surface area (TPSA) is 24.1 Å². The molecular weight excluding hydrogens is 220 g/mol. The summed E-state index contributed by atoms with van der Waals surface area (Å²) in [5.41, 5.74) is 1.56. The molecule has 1 rings (SSSR count). The highest BCUT2D eigenvalue weighted by atomic mass is 15.0. The second-order valence-electron chi connectivity index (χ2n) is 6.09. The first-order chi connectivity index (χ1) is 8.42. The number of hydrogen-bond donors (Lipinski definition) is 2. The zero-order chi connectivity index (χ0) is 13.6. The third-order valence-electron chi connectivity index (χ3n) is 3.28. The first-order valence-corrected chi connectivity index (χ1v) is 6.94. The summed E-state index contributed by atoms with van der Waals surface area (Å²) in [6.07, 6.45) is 0. The van der Waals surface area contributed by atoms with Gasteiger partial charge in [-0.05, 0) is 12.5 Å². The Balaban J connectivity index is 2.42. The van der Waals surface area contributed by atoms with Crippen LogP contribution in [0.1, 0.15) is 40.2 Å². The molecule has 0 spiro atoms. The third kappa shape index (κ3) is 5.19. The number of rotatable bonds is 7.